The molecular weight excluding hydrogens is 388 g/mol. The van der Waals surface area contributed by atoms with Gasteiger partial charge in [-0.15, -0.1) is 0 Å². The van der Waals surface area contributed by atoms with Gasteiger partial charge in [0.05, 0.1) is 23.2 Å². The molecule has 3 aromatic rings. The lowest BCUT2D eigenvalue weighted by atomic mass is 9.96. The van der Waals surface area contributed by atoms with Crippen molar-refractivity contribution in [3.8, 4) is 17.2 Å². The molecule has 0 saturated heterocycles. The van der Waals surface area contributed by atoms with E-state index in [0.717, 1.165) is 17.5 Å². The van der Waals surface area contributed by atoms with Crippen LogP contribution in [0, 0.1) is 18.3 Å². The smallest absolute Gasteiger partial charge is 0.339 e. The Morgan fingerprint density at radius 2 is 1.61 bits per heavy atom. The first kappa shape index (κ1) is 21.8. The number of ether oxygens (including phenoxy) is 1. The van der Waals surface area contributed by atoms with E-state index < -0.39 is 5.97 Å². The van der Waals surface area contributed by atoms with Crippen LogP contribution in [0.4, 0.5) is 0 Å². The number of rotatable bonds is 7. The number of benzene rings is 3. The molecule has 0 aliphatic heterocycles. The van der Waals surface area contributed by atoms with Gasteiger partial charge in [0.25, 0.3) is 5.91 Å². The quantitative estimate of drug-likeness (QED) is 0.557. The normalized spacial score (nSPS) is 11.3. The molecule has 1 atom stereocenters. The maximum absolute atomic E-state index is 12.7. The molecule has 0 aliphatic carbocycles. The number of carbonyl (C=O) groups excluding carboxylic acids is 2. The van der Waals surface area contributed by atoms with E-state index in [1.54, 1.807) is 42.5 Å². The molecule has 31 heavy (non-hydrogen) atoms. The summed E-state index contributed by atoms with van der Waals surface area (Å²) in [6.07, 6.45) is 0.719. The lowest BCUT2D eigenvalue weighted by molar-refractivity contribution is -0.125. The zero-order chi connectivity index (χ0) is 22.2. The van der Waals surface area contributed by atoms with E-state index in [4.69, 9.17) is 4.74 Å². The average molecular weight is 412 g/mol. The summed E-state index contributed by atoms with van der Waals surface area (Å²) in [5.74, 6) is -0.974. The molecule has 3 aromatic carbocycles. The fraction of sp³-hybridized carbons (Fsp3) is 0.192. The van der Waals surface area contributed by atoms with E-state index in [9.17, 15) is 14.9 Å². The Morgan fingerprint density at radius 3 is 2.29 bits per heavy atom. The number of aryl methyl sites for hydroxylation is 1. The molecule has 1 amide bonds. The van der Waals surface area contributed by atoms with E-state index >= 15 is 0 Å². The Morgan fingerprint density at radius 1 is 0.968 bits per heavy atom. The predicted molar refractivity (Wildman–Crippen MR) is 119 cm³/mol. The van der Waals surface area contributed by atoms with Crippen molar-refractivity contribution in [1.29, 1.82) is 5.26 Å². The van der Waals surface area contributed by atoms with Crippen LogP contribution in [0.5, 0.6) is 0 Å². The number of nitriles is 1. The summed E-state index contributed by atoms with van der Waals surface area (Å²) < 4.78 is 5.29. The minimum Gasteiger partial charge on any atom is -0.452 e. The zero-order valence-electron chi connectivity index (χ0n) is 17.6. The third-order valence-electron chi connectivity index (χ3n) is 5.04. The van der Waals surface area contributed by atoms with E-state index in [1.165, 1.54) is 0 Å². The summed E-state index contributed by atoms with van der Waals surface area (Å²) >= 11 is 0. The Kier molecular flexibility index (Phi) is 7.18. The van der Waals surface area contributed by atoms with Crippen LogP contribution in [-0.4, -0.2) is 18.5 Å². The number of esters is 1. The second-order valence-electron chi connectivity index (χ2n) is 7.22. The Bertz CT molecular complexity index is 1110. The van der Waals surface area contributed by atoms with Crippen LogP contribution in [0.25, 0.3) is 11.1 Å². The Balaban J connectivity index is 1.69. The van der Waals surface area contributed by atoms with Crippen molar-refractivity contribution in [2.45, 2.75) is 26.3 Å². The number of nitrogens with one attached hydrogen (secondary N) is 1. The summed E-state index contributed by atoms with van der Waals surface area (Å²) in [4.78, 5) is 25.1. The monoisotopic (exact) mass is 412 g/mol. The number of hydrogen-bond acceptors (Lipinski definition) is 4. The summed E-state index contributed by atoms with van der Waals surface area (Å²) in [5.41, 5.74) is 4.17. The molecule has 0 heterocycles. The van der Waals surface area contributed by atoms with Crippen molar-refractivity contribution in [3.63, 3.8) is 0 Å². The van der Waals surface area contributed by atoms with Crippen molar-refractivity contribution in [2.75, 3.05) is 6.61 Å². The Hall–Kier alpha value is -3.91. The van der Waals surface area contributed by atoms with E-state index in [-0.39, 0.29) is 18.6 Å². The van der Waals surface area contributed by atoms with Crippen molar-refractivity contribution < 1.29 is 14.3 Å². The molecule has 1 N–H and O–H groups in total. The van der Waals surface area contributed by atoms with Gasteiger partial charge in [-0.25, -0.2) is 4.79 Å². The maximum Gasteiger partial charge on any atom is 0.339 e. The van der Waals surface area contributed by atoms with Crippen LogP contribution in [0.15, 0.2) is 72.8 Å². The van der Waals surface area contributed by atoms with Crippen molar-refractivity contribution in [1.82, 2.24) is 5.32 Å². The van der Waals surface area contributed by atoms with E-state index in [2.05, 4.69) is 11.4 Å². The van der Waals surface area contributed by atoms with Gasteiger partial charge < -0.3 is 10.1 Å². The standard InChI is InChI=1S/C26H24N2O3/c1-3-24(19-14-12-18(2)13-15-19)28-25(29)17-31-26(30)23-11-7-6-10-22(23)21-9-5-4-8-20(21)16-27/h4-15,24H,3,17H2,1-2H3,(H,28,29)/t24-/m0/s1. The predicted octanol–water partition coefficient (Wildman–Crippen LogP) is 4.96. The van der Waals surface area contributed by atoms with Crippen LogP contribution in [0.3, 0.4) is 0 Å². The van der Waals surface area contributed by atoms with Gasteiger partial charge >= 0.3 is 5.97 Å². The van der Waals surface area contributed by atoms with E-state index in [0.29, 0.717) is 22.3 Å². The minimum atomic E-state index is -0.609. The highest BCUT2D eigenvalue weighted by Crippen LogP contribution is 2.27. The van der Waals surface area contributed by atoms with Gasteiger partial charge in [0.1, 0.15) is 0 Å². The van der Waals surface area contributed by atoms with Gasteiger partial charge in [-0.2, -0.15) is 5.26 Å². The minimum absolute atomic E-state index is 0.151. The molecule has 0 spiro atoms. The van der Waals surface area contributed by atoms with Crippen molar-refractivity contribution >= 4 is 11.9 Å². The largest absolute Gasteiger partial charge is 0.452 e. The highest BCUT2D eigenvalue weighted by Gasteiger charge is 2.18. The molecule has 0 unspecified atom stereocenters. The SMILES string of the molecule is CC[C@H](NC(=O)COC(=O)c1ccccc1-c1ccccc1C#N)c1ccc(C)cc1. The second kappa shape index (κ2) is 10.2. The summed E-state index contributed by atoms with van der Waals surface area (Å²) in [7, 11) is 0. The molecule has 0 aromatic heterocycles. The van der Waals surface area contributed by atoms with Gasteiger partial charge in [-0.1, -0.05) is 73.2 Å². The van der Waals surface area contributed by atoms with Gasteiger partial charge in [0.15, 0.2) is 6.61 Å². The second-order valence-corrected chi connectivity index (χ2v) is 7.22. The fourth-order valence-electron chi connectivity index (χ4n) is 3.38. The molecule has 0 fully saturated rings. The molecule has 5 heteroatoms. The third kappa shape index (κ3) is 5.37. The van der Waals surface area contributed by atoms with Crippen LogP contribution in [-0.2, 0) is 9.53 Å². The third-order valence-corrected chi connectivity index (χ3v) is 5.04. The average Bonchev–Trinajstić information content (AvgIpc) is 2.81. The number of amides is 1. The fourth-order valence-corrected chi connectivity index (χ4v) is 3.38. The molecule has 0 radical (unpaired) electrons. The molecule has 0 saturated carbocycles. The van der Waals surface area contributed by atoms with Crippen molar-refractivity contribution in [2.24, 2.45) is 0 Å². The zero-order valence-corrected chi connectivity index (χ0v) is 17.6. The lowest BCUT2D eigenvalue weighted by Crippen LogP contribution is -2.32. The molecule has 0 bridgehead atoms. The first-order chi connectivity index (χ1) is 15.0. The molecule has 156 valence electrons. The molecular formula is C26H24N2O3. The summed E-state index contributed by atoms with van der Waals surface area (Å²) in [5, 5.41) is 12.3. The maximum atomic E-state index is 12.7. The topological polar surface area (TPSA) is 79.2 Å². The highest BCUT2D eigenvalue weighted by molar-refractivity contribution is 5.99. The highest BCUT2D eigenvalue weighted by atomic mass is 16.5. The van der Waals surface area contributed by atoms with Crippen LogP contribution in [0.2, 0.25) is 0 Å². The Labute approximate surface area is 182 Å². The van der Waals surface area contributed by atoms with Crippen LogP contribution < -0.4 is 5.32 Å². The molecule has 5 nitrogen and oxygen atoms in total. The first-order valence-corrected chi connectivity index (χ1v) is 10.1. The molecule has 3 rings (SSSR count). The van der Waals surface area contributed by atoms with Gasteiger partial charge in [-0.05, 0) is 36.6 Å². The van der Waals surface area contributed by atoms with Crippen LogP contribution >= 0.6 is 0 Å². The van der Waals surface area contributed by atoms with Gasteiger partial charge in [0.2, 0.25) is 0 Å². The number of nitrogens with zero attached hydrogens (tertiary/aromatic N) is 1. The first-order valence-electron chi connectivity index (χ1n) is 10.1. The van der Waals surface area contributed by atoms with Crippen molar-refractivity contribution in [3.05, 3.63) is 95.1 Å². The van der Waals surface area contributed by atoms with Crippen LogP contribution in [0.1, 0.15) is 46.4 Å². The van der Waals surface area contributed by atoms with Gasteiger partial charge in [-0.3, -0.25) is 4.79 Å². The van der Waals surface area contributed by atoms with E-state index in [1.807, 2.05) is 44.2 Å². The molecule has 0 aliphatic rings. The number of carbonyl (C=O) groups is 2. The van der Waals surface area contributed by atoms with Gasteiger partial charge in [0, 0.05) is 5.56 Å². The number of hydrogen-bond donors (Lipinski definition) is 1. The summed E-state index contributed by atoms with van der Waals surface area (Å²) in [6.45, 7) is 3.62. The lowest BCUT2D eigenvalue weighted by Gasteiger charge is -2.18. The summed E-state index contributed by atoms with van der Waals surface area (Å²) in [6, 6.07) is 23.9.